The van der Waals surface area contributed by atoms with E-state index in [0.717, 1.165) is 5.56 Å². The quantitative estimate of drug-likeness (QED) is 0.820. The molecule has 0 aliphatic heterocycles. The van der Waals surface area contributed by atoms with E-state index in [0.29, 0.717) is 17.1 Å². The van der Waals surface area contributed by atoms with Crippen LogP contribution in [0, 0.1) is 6.92 Å². The van der Waals surface area contributed by atoms with Crippen LogP contribution in [0.3, 0.4) is 0 Å². The van der Waals surface area contributed by atoms with Crippen LogP contribution in [-0.2, 0) is 0 Å². The fourth-order valence-corrected chi connectivity index (χ4v) is 1.72. The average Bonchev–Trinajstić information content (AvgIpc) is 2.41. The van der Waals surface area contributed by atoms with Gasteiger partial charge in [-0.1, -0.05) is 12.1 Å². The molecule has 4 nitrogen and oxygen atoms in total. The minimum absolute atomic E-state index is 0.112. The monoisotopic (exact) mass is 241 g/mol. The van der Waals surface area contributed by atoms with Gasteiger partial charge in [0.15, 0.2) is 0 Å². The highest BCUT2D eigenvalue weighted by molar-refractivity contribution is 6.06. The molecular weight excluding hydrogens is 226 g/mol. The molecule has 1 aromatic heterocycles. The maximum atomic E-state index is 12.3. The molecule has 0 spiro atoms. The number of rotatable bonds is 2. The Balaban J connectivity index is 2.35. The first-order valence-electron chi connectivity index (χ1n) is 5.65. The van der Waals surface area contributed by atoms with Gasteiger partial charge >= 0.3 is 0 Å². The molecule has 2 rings (SSSR count). The number of pyridine rings is 1. The van der Waals surface area contributed by atoms with Gasteiger partial charge in [0.1, 0.15) is 5.82 Å². The van der Waals surface area contributed by atoms with Gasteiger partial charge in [-0.25, -0.2) is 4.98 Å². The lowest BCUT2D eigenvalue weighted by Crippen LogP contribution is -2.27. The molecule has 0 saturated heterocycles. The zero-order chi connectivity index (χ0) is 13.1. The predicted molar refractivity (Wildman–Crippen MR) is 72.6 cm³/mol. The number of carbonyl (C=O) groups excluding carboxylic acids is 1. The van der Waals surface area contributed by atoms with Gasteiger partial charge < -0.3 is 5.73 Å². The Labute approximate surface area is 106 Å². The fourth-order valence-electron chi connectivity index (χ4n) is 1.72. The van der Waals surface area contributed by atoms with Crippen molar-refractivity contribution in [1.82, 2.24) is 4.98 Å². The average molecular weight is 241 g/mol. The van der Waals surface area contributed by atoms with Crippen LogP contribution in [0.15, 0.2) is 42.6 Å². The summed E-state index contributed by atoms with van der Waals surface area (Å²) in [6.45, 7) is 1.84. The molecule has 2 aromatic rings. The minimum Gasteiger partial charge on any atom is -0.398 e. The van der Waals surface area contributed by atoms with Crippen molar-refractivity contribution >= 4 is 17.4 Å². The molecule has 1 aromatic carbocycles. The zero-order valence-electron chi connectivity index (χ0n) is 10.4. The van der Waals surface area contributed by atoms with Crippen molar-refractivity contribution in [2.75, 3.05) is 17.7 Å². The van der Waals surface area contributed by atoms with Crippen LogP contribution >= 0.6 is 0 Å². The van der Waals surface area contributed by atoms with Gasteiger partial charge in [0, 0.05) is 24.5 Å². The fraction of sp³-hybridized carbons (Fsp3) is 0.143. The number of anilines is 2. The van der Waals surface area contributed by atoms with Crippen molar-refractivity contribution in [3.63, 3.8) is 0 Å². The molecule has 0 aliphatic rings. The SMILES string of the molecule is Cc1c(N)cccc1C(=O)N(C)c1ccccn1. The molecule has 1 amide bonds. The molecule has 1 heterocycles. The number of amides is 1. The summed E-state index contributed by atoms with van der Waals surface area (Å²) in [4.78, 5) is 18.0. The van der Waals surface area contributed by atoms with Gasteiger partial charge in [-0.15, -0.1) is 0 Å². The summed E-state index contributed by atoms with van der Waals surface area (Å²) in [6.07, 6.45) is 1.66. The zero-order valence-corrected chi connectivity index (χ0v) is 10.4. The smallest absolute Gasteiger partial charge is 0.259 e. The summed E-state index contributed by atoms with van der Waals surface area (Å²) in [5.41, 5.74) is 7.83. The van der Waals surface area contributed by atoms with Crippen LogP contribution in [0.2, 0.25) is 0 Å². The van der Waals surface area contributed by atoms with Gasteiger partial charge in [0.05, 0.1) is 0 Å². The van der Waals surface area contributed by atoms with E-state index in [1.54, 1.807) is 37.5 Å². The minimum atomic E-state index is -0.112. The Hall–Kier alpha value is -2.36. The first-order valence-corrected chi connectivity index (χ1v) is 5.65. The molecule has 0 radical (unpaired) electrons. The predicted octanol–water partition coefficient (Wildman–Crippen LogP) is 2.25. The number of hydrogen-bond acceptors (Lipinski definition) is 3. The maximum Gasteiger partial charge on any atom is 0.259 e. The molecule has 4 heteroatoms. The Kier molecular flexibility index (Phi) is 3.28. The van der Waals surface area contributed by atoms with E-state index in [1.807, 2.05) is 19.1 Å². The lowest BCUT2D eigenvalue weighted by molar-refractivity contribution is 0.0992. The van der Waals surface area contributed by atoms with Gasteiger partial charge in [-0.2, -0.15) is 0 Å². The van der Waals surface area contributed by atoms with Crippen molar-refractivity contribution < 1.29 is 4.79 Å². The normalized spacial score (nSPS) is 10.1. The Morgan fingerprint density at radius 3 is 2.67 bits per heavy atom. The summed E-state index contributed by atoms with van der Waals surface area (Å²) in [5.74, 6) is 0.503. The number of hydrogen-bond donors (Lipinski definition) is 1. The van der Waals surface area contributed by atoms with Crippen molar-refractivity contribution in [3.8, 4) is 0 Å². The first kappa shape index (κ1) is 12.1. The summed E-state index contributed by atoms with van der Waals surface area (Å²) in [7, 11) is 1.70. The van der Waals surface area contributed by atoms with E-state index >= 15 is 0 Å². The largest absolute Gasteiger partial charge is 0.398 e. The molecule has 0 unspecified atom stereocenters. The highest BCUT2D eigenvalue weighted by Gasteiger charge is 2.16. The Morgan fingerprint density at radius 1 is 1.22 bits per heavy atom. The summed E-state index contributed by atoms with van der Waals surface area (Å²) in [5, 5.41) is 0. The van der Waals surface area contributed by atoms with Crippen LogP contribution in [0.5, 0.6) is 0 Å². The molecule has 0 aliphatic carbocycles. The standard InChI is InChI=1S/C14H15N3O/c1-10-11(6-5-7-12(10)15)14(18)17(2)13-8-3-4-9-16-13/h3-9H,15H2,1-2H3. The van der Waals surface area contributed by atoms with Crippen molar-refractivity contribution in [1.29, 1.82) is 0 Å². The second kappa shape index (κ2) is 4.87. The number of nitrogens with two attached hydrogens (primary N) is 1. The summed E-state index contributed by atoms with van der Waals surface area (Å²) in [6, 6.07) is 10.8. The lowest BCUT2D eigenvalue weighted by atomic mass is 10.1. The molecule has 0 saturated carbocycles. The van der Waals surface area contributed by atoms with Crippen LogP contribution in [0.25, 0.3) is 0 Å². The van der Waals surface area contributed by atoms with Crippen LogP contribution in [0.1, 0.15) is 15.9 Å². The molecule has 0 bridgehead atoms. The van der Waals surface area contributed by atoms with Gasteiger partial charge in [-0.3, -0.25) is 9.69 Å². The van der Waals surface area contributed by atoms with E-state index in [1.165, 1.54) is 4.90 Å². The van der Waals surface area contributed by atoms with Gasteiger partial charge in [0.2, 0.25) is 0 Å². The van der Waals surface area contributed by atoms with Gasteiger partial charge in [0.25, 0.3) is 5.91 Å². The van der Waals surface area contributed by atoms with Crippen molar-refractivity contribution in [3.05, 3.63) is 53.7 Å². The number of nitrogens with zero attached hydrogens (tertiary/aromatic N) is 2. The number of benzene rings is 1. The molecule has 0 atom stereocenters. The topological polar surface area (TPSA) is 59.2 Å². The molecule has 2 N–H and O–H groups in total. The van der Waals surface area contributed by atoms with Crippen LogP contribution in [-0.4, -0.2) is 17.9 Å². The van der Waals surface area contributed by atoms with Gasteiger partial charge in [-0.05, 0) is 36.8 Å². The highest BCUT2D eigenvalue weighted by atomic mass is 16.2. The highest BCUT2D eigenvalue weighted by Crippen LogP contribution is 2.19. The Morgan fingerprint density at radius 2 is 2.00 bits per heavy atom. The molecule has 92 valence electrons. The third-order valence-electron chi connectivity index (χ3n) is 2.90. The Bertz CT molecular complexity index is 567. The van der Waals surface area contributed by atoms with E-state index in [4.69, 9.17) is 5.73 Å². The number of carbonyl (C=O) groups is 1. The van der Waals surface area contributed by atoms with E-state index < -0.39 is 0 Å². The molecule has 0 fully saturated rings. The van der Waals surface area contributed by atoms with Crippen molar-refractivity contribution in [2.45, 2.75) is 6.92 Å². The summed E-state index contributed by atoms with van der Waals surface area (Å²) < 4.78 is 0. The molecular formula is C14H15N3O. The second-order valence-corrected chi connectivity index (χ2v) is 4.07. The first-order chi connectivity index (χ1) is 8.61. The lowest BCUT2D eigenvalue weighted by Gasteiger charge is -2.17. The van der Waals surface area contributed by atoms with E-state index in [9.17, 15) is 4.79 Å². The van der Waals surface area contributed by atoms with Crippen LogP contribution in [0.4, 0.5) is 11.5 Å². The van der Waals surface area contributed by atoms with E-state index in [2.05, 4.69) is 4.98 Å². The number of aromatic nitrogens is 1. The third kappa shape index (κ3) is 2.18. The van der Waals surface area contributed by atoms with E-state index in [-0.39, 0.29) is 5.91 Å². The third-order valence-corrected chi connectivity index (χ3v) is 2.90. The summed E-state index contributed by atoms with van der Waals surface area (Å²) >= 11 is 0. The number of nitrogen functional groups attached to an aromatic ring is 1. The molecule has 18 heavy (non-hydrogen) atoms. The van der Waals surface area contributed by atoms with Crippen LogP contribution < -0.4 is 10.6 Å². The van der Waals surface area contributed by atoms with Crippen molar-refractivity contribution in [2.24, 2.45) is 0 Å². The second-order valence-electron chi connectivity index (χ2n) is 4.07. The maximum absolute atomic E-state index is 12.3.